The van der Waals surface area contributed by atoms with E-state index in [4.69, 9.17) is 14.2 Å². The molecule has 0 radical (unpaired) electrons. The Hall–Kier alpha value is -2.57. The predicted molar refractivity (Wildman–Crippen MR) is 93.3 cm³/mol. The molecule has 132 valence electrons. The predicted octanol–water partition coefficient (Wildman–Crippen LogP) is 2.44. The number of urea groups is 1. The van der Waals surface area contributed by atoms with Crippen molar-refractivity contribution in [2.45, 2.75) is 26.3 Å². The number of benzene rings is 1. The highest BCUT2D eigenvalue weighted by molar-refractivity contribution is 5.94. The minimum Gasteiger partial charge on any atom is -0.493 e. The van der Waals surface area contributed by atoms with Gasteiger partial charge in [-0.25, -0.2) is 4.79 Å². The van der Waals surface area contributed by atoms with Crippen molar-refractivity contribution in [1.82, 2.24) is 15.6 Å². The topological polar surface area (TPSA) is 84.6 Å². The van der Waals surface area contributed by atoms with Crippen LogP contribution in [-0.2, 0) is 6.42 Å². The van der Waals surface area contributed by atoms with Gasteiger partial charge in [0.15, 0.2) is 11.5 Å². The second kappa shape index (κ2) is 7.81. The second-order valence-electron chi connectivity index (χ2n) is 5.69. The smallest absolute Gasteiger partial charge is 0.314 e. The fourth-order valence-electron chi connectivity index (χ4n) is 2.65. The molecule has 3 N–H and O–H groups in total. The van der Waals surface area contributed by atoms with Crippen molar-refractivity contribution in [3.05, 3.63) is 17.8 Å². The van der Waals surface area contributed by atoms with E-state index in [9.17, 15) is 4.79 Å². The number of rotatable bonds is 7. The minimum absolute atomic E-state index is 0.106. The van der Waals surface area contributed by atoms with E-state index >= 15 is 0 Å². The molecule has 2 aromatic rings. The summed E-state index contributed by atoms with van der Waals surface area (Å²) in [4.78, 5) is 14.9. The maximum atomic E-state index is 11.7. The summed E-state index contributed by atoms with van der Waals surface area (Å²) in [5.41, 5.74) is 1.93. The lowest BCUT2D eigenvalue weighted by Crippen LogP contribution is -2.40. The Morgan fingerprint density at radius 2 is 1.88 bits per heavy atom. The number of hydrogen-bond donors (Lipinski definition) is 3. The van der Waals surface area contributed by atoms with E-state index in [-0.39, 0.29) is 12.1 Å². The molecular weight excluding hydrogens is 310 g/mol. The molecule has 0 aliphatic rings. The van der Waals surface area contributed by atoms with Crippen molar-refractivity contribution in [2.75, 3.05) is 27.9 Å². The molecule has 0 aliphatic carbocycles. The van der Waals surface area contributed by atoms with Gasteiger partial charge in [-0.15, -0.1) is 0 Å². The number of fused-ring (bicyclic) bond motifs is 1. The van der Waals surface area contributed by atoms with Gasteiger partial charge in [0.25, 0.3) is 0 Å². The van der Waals surface area contributed by atoms with Crippen LogP contribution in [-0.4, -0.2) is 44.9 Å². The maximum Gasteiger partial charge on any atom is 0.314 e. The Morgan fingerprint density at radius 3 is 2.46 bits per heavy atom. The number of aromatic amines is 1. The zero-order chi connectivity index (χ0) is 17.7. The molecule has 1 aromatic heterocycles. The molecule has 0 unspecified atom stereocenters. The normalized spacial score (nSPS) is 10.8. The summed E-state index contributed by atoms with van der Waals surface area (Å²) in [6.07, 6.45) is 2.57. The van der Waals surface area contributed by atoms with Gasteiger partial charge in [-0.2, -0.15) is 0 Å². The van der Waals surface area contributed by atoms with Crippen molar-refractivity contribution >= 4 is 16.9 Å². The van der Waals surface area contributed by atoms with Crippen LogP contribution in [0.2, 0.25) is 0 Å². The fraction of sp³-hybridized carbons (Fsp3) is 0.471. The van der Waals surface area contributed by atoms with Gasteiger partial charge in [0.2, 0.25) is 5.75 Å². The Labute approximate surface area is 141 Å². The average Bonchev–Trinajstić information content (AvgIpc) is 2.95. The lowest BCUT2D eigenvalue weighted by molar-refractivity contribution is 0.238. The standard InChI is InChI=1S/C17H25N3O4/c1-10(2)20-17(21)18-7-6-11-9-19-12-8-13(22-3)15(23-4)16(24-5)14(11)12/h8-10,19H,6-7H2,1-5H3,(H2,18,20,21). The van der Waals surface area contributed by atoms with Crippen LogP contribution < -0.4 is 24.8 Å². The molecule has 0 saturated heterocycles. The SMILES string of the molecule is COc1cc2[nH]cc(CCNC(=O)NC(C)C)c2c(OC)c1OC. The van der Waals surface area contributed by atoms with Crippen molar-refractivity contribution in [3.8, 4) is 17.2 Å². The van der Waals surface area contributed by atoms with Crippen LogP contribution in [0.15, 0.2) is 12.3 Å². The van der Waals surface area contributed by atoms with Crippen LogP contribution in [0.25, 0.3) is 10.9 Å². The van der Waals surface area contributed by atoms with Gasteiger partial charge in [0, 0.05) is 30.2 Å². The van der Waals surface area contributed by atoms with Crippen LogP contribution in [0.3, 0.4) is 0 Å². The van der Waals surface area contributed by atoms with Crippen LogP contribution in [0.4, 0.5) is 4.79 Å². The molecular formula is C17H25N3O4. The number of methoxy groups -OCH3 is 3. The molecule has 1 aromatic carbocycles. The van der Waals surface area contributed by atoms with Crippen molar-refractivity contribution in [3.63, 3.8) is 0 Å². The molecule has 24 heavy (non-hydrogen) atoms. The van der Waals surface area contributed by atoms with Crippen molar-refractivity contribution in [2.24, 2.45) is 0 Å². The Kier molecular flexibility index (Phi) is 5.78. The van der Waals surface area contributed by atoms with E-state index in [0.29, 0.717) is 30.2 Å². The van der Waals surface area contributed by atoms with E-state index in [1.54, 1.807) is 21.3 Å². The summed E-state index contributed by atoms with van der Waals surface area (Å²) in [6.45, 7) is 4.36. The van der Waals surface area contributed by atoms with Crippen molar-refractivity contribution in [1.29, 1.82) is 0 Å². The number of nitrogens with one attached hydrogen (secondary N) is 3. The minimum atomic E-state index is -0.170. The Morgan fingerprint density at radius 1 is 1.17 bits per heavy atom. The van der Waals surface area contributed by atoms with Gasteiger partial charge in [0.1, 0.15) is 0 Å². The number of ether oxygens (including phenoxy) is 3. The molecule has 0 atom stereocenters. The number of H-pyrrole nitrogens is 1. The first-order chi connectivity index (χ1) is 11.5. The lowest BCUT2D eigenvalue weighted by Gasteiger charge is -2.14. The monoisotopic (exact) mass is 335 g/mol. The quantitative estimate of drug-likeness (QED) is 0.725. The number of carbonyl (C=O) groups excluding carboxylic acids is 1. The molecule has 2 rings (SSSR count). The first-order valence-electron chi connectivity index (χ1n) is 7.85. The number of hydrogen-bond acceptors (Lipinski definition) is 4. The van der Waals surface area contributed by atoms with Gasteiger partial charge in [0.05, 0.1) is 26.8 Å². The Bertz CT molecular complexity index is 709. The third-order valence-corrected chi connectivity index (χ3v) is 3.65. The maximum absolute atomic E-state index is 11.7. The summed E-state index contributed by atoms with van der Waals surface area (Å²) >= 11 is 0. The fourth-order valence-corrected chi connectivity index (χ4v) is 2.65. The summed E-state index contributed by atoms with van der Waals surface area (Å²) in [5, 5.41) is 6.57. The zero-order valence-corrected chi connectivity index (χ0v) is 14.8. The van der Waals surface area contributed by atoms with E-state index in [1.165, 1.54) is 0 Å². The van der Waals surface area contributed by atoms with E-state index < -0.39 is 0 Å². The summed E-state index contributed by atoms with van der Waals surface area (Å²) in [5.74, 6) is 1.78. The zero-order valence-electron chi connectivity index (χ0n) is 14.8. The van der Waals surface area contributed by atoms with Gasteiger partial charge in [-0.3, -0.25) is 0 Å². The summed E-state index contributed by atoms with van der Waals surface area (Å²) < 4.78 is 16.3. The molecule has 0 aliphatic heterocycles. The highest BCUT2D eigenvalue weighted by Crippen LogP contribution is 2.44. The number of carbonyl (C=O) groups is 1. The highest BCUT2D eigenvalue weighted by atomic mass is 16.5. The third kappa shape index (κ3) is 3.67. The first-order valence-corrected chi connectivity index (χ1v) is 7.85. The first kappa shape index (κ1) is 17.8. The third-order valence-electron chi connectivity index (χ3n) is 3.65. The van der Waals surface area contributed by atoms with Crippen LogP contribution >= 0.6 is 0 Å². The van der Waals surface area contributed by atoms with Crippen LogP contribution in [0.1, 0.15) is 19.4 Å². The summed E-state index contributed by atoms with van der Waals surface area (Å²) in [7, 11) is 4.77. The molecule has 2 amide bonds. The lowest BCUT2D eigenvalue weighted by atomic mass is 10.1. The average molecular weight is 335 g/mol. The number of aromatic nitrogens is 1. The van der Waals surface area contributed by atoms with E-state index in [2.05, 4.69) is 15.6 Å². The molecule has 7 heteroatoms. The number of amides is 2. The van der Waals surface area contributed by atoms with E-state index in [0.717, 1.165) is 16.5 Å². The molecule has 0 saturated carbocycles. The second-order valence-corrected chi connectivity index (χ2v) is 5.69. The van der Waals surface area contributed by atoms with Gasteiger partial charge in [-0.05, 0) is 25.8 Å². The molecule has 0 bridgehead atoms. The van der Waals surface area contributed by atoms with Gasteiger partial charge >= 0.3 is 6.03 Å². The largest absolute Gasteiger partial charge is 0.493 e. The van der Waals surface area contributed by atoms with Gasteiger partial charge < -0.3 is 29.8 Å². The molecule has 0 spiro atoms. The van der Waals surface area contributed by atoms with Crippen LogP contribution in [0, 0.1) is 0 Å². The van der Waals surface area contributed by atoms with Crippen LogP contribution in [0.5, 0.6) is 17.2 Å². The Balaban J connectivity index is 2.24. The van der Waals surface area contributed by atoms with Crippen molar-refractivity contribution < 1.29 is 19.0 Å². The summed E-state index contributed by atoms with van der Waals surface area (Å²) in [6, 6.07) is 1.81. The highest BCUT2D eigenvalue weighted by Gasteiger charge is 2.19. The van der Waals surface area contributed by atoms with Gasteiger partial charge in [-0.1, -0.05) is 0 Å². The molecule has 1 heterocycles. The molecule has 0 fully saturated rings. The van der Waals surface area contributed by atoms with E-state index in [1.807, 2.05) is 26.1 Å². The molecule has 7 nitrogen and oxygen atoms in total.